The molecule has 0 bridgehead atoms. The van der Waals surface area contributed by atoms with E-state index >= 15 is 0 Å². The lowest BCUT2D eigenvalue weighted by atomic mass is 9.92. The van der Waals surface area contributed by atoms with E-state index in [1.807, 2.05) is 43.9 Å². The molecule has 0 saturated carbocycles. The van der Waals surface area contributed by atoms with E-state index in [1.54, 1.807) is 0 Å². The third-order valence-electron chi connectivity index (χ3n) is 5.07. The lowest BCUT2D eigenvalue weighted by Crippen LogP contribution is -2.49. The normalized spacial score (nSPS) is 16.6. The zero-order valence-electron chi connectivity index (χ0n) is 15.8. The van der Waals surface area contributed by atoms with Gasteiger partial charge in [0.2, 0.25) is 0 Å². The fourth-order valence-corrected chi connectivity index (χ4v) is 4.05. The molecule has 2 aromatic rings. The molecule has 1 aliphatic rings. The molecule has 0 unspecified atom stereocenters. The van der Waals surface area contributed by atoms with Crippen LogP contribution in [-0.4, -0.2) is 46.2 Å². The number of benzene rings is 1. The van der Waals surface area contributed by atoms with E-state index in [2.05, 4.69) is 11.9 Å². The van der Waals surface area contributed by atoms with Crippen LogP contribution in [0.2, 0.25) is 0 Å². The second-order valence-electron chi connectivity index (χ2n) is 7.20. The first-order valence-corrected chi connectivity index (χ1v) is 9.75. The average molecular weight is 375 g/mol. The van der Waals surface area contributed by atoms with Gasteiger partial charge in [0.1, 0.15) is 22.8 Å². The number of aromatic nitrogens is 1. The molecule has 1 aromatic carbocycles. The van der Waals surface area contributed by atoms with Gasteiger partial charge in [0.25, 0.3) is 5.91 Å². The molecule has 5 nitrogen and oxygen atoms in total. The highest BCUT2D eigenvalue weighted by Gasteiger charge is 2.35. The van der Waals surface area contributed by atoms with Crippen LogP contribution in [0.15, 0.2) is 18.2 Å². The highest BCUT2D eigenvalue weighted by molar-refractivity contribution is 7.13. The van der Waals surface area contributed by atoms with Crippen molar-refractivity contribution in [3.05, 3.63) is 44.9 Å². The van der Waals surface area contributed by atoms with Crippen LogP contribution in [-0.2, 0) is 0 Å². The lowest BCUT2D eigenvalue weighted by molar-refractivity contribution is -0.0475. The highest BCUT2D eigenvalue weighted by atomic mass is 32.1. The second kappa shape index (κ2) is 7.37. The van der Waals surface area contributed by atoms with Gasteiger partial charge in [-0.15, -0.1) is 11.3 Å². The van der Waals surface area contributed by atoms with E-state index in [1.165, 1.54) is 22.5 Å². The number of amides is 1. The molecule has 1 saturated heterocycles. The fraction of sp³-hybridized carbons (Fsp3) is 0.500. The number of hydrogen-bond acceptors (Lipinski definition) is 5. The van der Waals surface area contributed by atoms with Gasteiger partial charge in [0, 0.05) is 13.1 Å². The highest BCUT2D eigenvalue weighted by Crippen LogP contribution is 2.27. The smallest absolute Gasteiger partial charge is 0.265 e. The first-order chi connectivity index (χ1) is 12.3. The van der Waals surface area contributed by atoms with Crippen molar-refractivity contribution in [2.24, 2.45) is 0 Å². The van der Waals surface area contributed by atoms with Gasteiger partial charge >= 0.3 is 0 Å². The zero-order chi connectivity index (χ0) is 18.9. The number of rotatable bonds is 4. The monoisotopic (exact) mass is 374 g/mol. The maximum Gasteiger partial charge on any atom is 0.265 e. The number of carbonyl (C=O) groups excluding carboxylic acids is 1. The van der Waals surface area contributed by atoms with Crippen molar-refractivity contribution in [1.29, 1.82) is 0 Å². The molecule has 0 radical (unpaired) electrons. The third-order valence-corrected chi connectivity index (χ3v) is 6.13. The minimum Gasteiger partial charge on any atom is -0.491 e. The van der Waals surface area contributed by atoms with Crippen LogP contribution in [0.25, 0.3) is 0 Å². The van der Waals surface area contributed by atoms with Crippen molar-refractivity contribution in [3.8, 4) is 5.75 Å². The van der Waals surface area contributed by atoms with Crippen molar-refractivity contribution in [1.82, 2.24) is 9.88 Å². The summed E-state index contributed by atoms with van der Waals surface area (Å²) in [6.45, 7) is 9.19. The molecule has 1 N–H and O–H groups in total. The summed E-state index contributed by atoms with van der Waals surface area (Å²) in [5.41, 5.74) is 2.28. The maximum atomic E-state index is 12.7. The first kappa shape index (κ1) is 18.9. The number of piperidine rings is 1. The Balaban J connectivity index is 1.57. The Kier molecular flexibility index (Phi) is 5.34. The van der Waals surface area contributed by atoms with Gasteiger partial charge < -0.3 is 14.7 Å². The molecule has 0 atom stereocenters. The fourth-order valence-electron chi connectivity index (χ4n) is 3.17. The molecule has 2 heterocycles. The van der Waals surface area contributed by atoms with Gasteiger partial charge in [-0.1, -0.05) is 6.07 Å². The van der Waals surface area contributed by atoms with Gasteiger partial charge in [-0.2, -0.15) is 0 Å². The van der Waals surface area contributed by atoms with Crippen molar-refractivity contribution in [2.75, 3.05) is 19.7 Å². The number of thiazole rings is 1. The van der Waals surface area contributed by atoms with Crippen LogP contribution >= 0.6 is 11.3 Å². The molecular weight excluding hydrogens is 348 g/mol. The Morgan fingerprint density at radius 1 is 1.23 bits per heavy atom. The molecule has 1 fully saturated rings. The minimum atomic E-state index is -0.895. The standard InChI is InChI=1S/C20H26N2O3S/c1-13-5-6-17(11-14(13)2)25-12-20(24)7-9-22(10-8-20)19(23)18-15(3)21-16(4)26-18/h5-6,11,24H,7-10,12H2,1-4H3. The van der Waals surface area contributed by atoms with Gasteiger partial charge in [-0.25, -0.2) is 4.98 Å². The predicted molar refractivity (Wildman–Crippen MR) is 103 cm³/mol. The molecule has 0 aliphatic carbocycles. The van der Waals surface area contributed by atoms with Crippen molar-refractivity contribution >= 4 is 17.2 Å². The predicted octanol–water partition coefficient (Wildman–Crippen LogP) is 3.42. The van der Waals surface area contributed by atoms with Crippen LogP contribution < -0.4 is 4.74 Å². The van der Waals surface area contributed by atoms with Crippen LogP contribution in [0.5, 0.6) is 5.75 Å². The largest absolute Gasteiger partial charge is 0.491 e. The topological polar surface area (TPSA) is 62.7 Å². The Morgan fingerprint density at radius 2 is 1.92 bits per heavy atom. The number of nitrogens with zero attached hydrogens (tertiary/aromatic N) is 2. The van der Waals surface area contributed by atoms with E-state index in [-0.39, 0.29) is 12.5 Å². The summed E-state index contributed by atoms with van der Waals surface area (Å²) in [6, 6.07) is 5.95. The summed E-state index contributed by atoms with van der Waals surface area (Å²) in [5, 5.41) is 11.7. The van der Waals surface area contributed by atoms with Crippen LogP contribution in [0.3, 0.4) is 0 Å². The summed E-state index contributed by atoms with van der Waals surface area (Å²) in [7, 11) is 0. The van der Waals surface area contributed by atoms with Gasteiger partial charge in [0.15, 0.2) is 0 Å². The summed E-state index contributed by atoms with van der Waals surface area (Å²) in [4.78, 5) is 19.5. The van der Waals surface area contributed by atoms with Crippen LogP contribution in [0, 0.1) is 27.7 Å². The maximum absolute atomic E-state index is 12.7. The number of carbonyl (C=O) groups is 1. The molecular formula is C20H26N2O3S. The van der Waals surface area contributed by atoms with Crippen LogP contribution in [0.4, 0.5) is 0 Å². The van der Waals surface area contributed by atoms with E-state index in [0.717, 1.165) is 16.5 Å². The Hall–Kier alpha value is -1.92. The van der Waals surface area contributed by atoms with E-state index in [4.69, 9.17) is 4.74 Å². The molecule has 1 aromatic heterocycles. The Bertz CT molecular complexity index is 807. The molecule has 0 spiro atoms. The van der Waals surface area contributed by atoms with Crippen LogP contribution in [0.1, 0.15) is 44.3 Å². The lowest BCUT2D eigenvalue weighted by Gasteiger charge is -2.37. The summed E-state index contributed by atoms with van der Waals surface area (Å²) in [6.07, 6.45) is 1.03. The van der Waals surface area contributed by atoms with E-state index in [9.17, 15) is 9.90 Å². The van der Waals surface area contributed by atoms with E-state index in [0.29, 0.717) is 30.8 Å². The molecule has 1 aliphatic heterocycles. The zero-order valence-corrected chi connectivity index (χ0v) is 16.7. The van der Waals surface area contributed by atoms with Gasteiger partial charge in [0.05, 0.1) is 10.7 Å². The summed E-state index contributed by atoms with van der Waals surface area (Å²) in [5.74, 6) is 0.793. The van der Waals surface area contributed by atoms with Crippen molar-refractivity contribution in [3.63, 3.8) is 0 Å². The Morgan fingerprint density at radius 3 is 2.50 bits per heavy atom. The van der Waals surface area contributed by atoms with Crippen molar-refractivity contribution in [2.45, 2.75) is 46.1 Å². The number of ether oxygens (including phenoxy) is 1. The molecule has 6 heteroatoms. The quantitative estimate of drug-likeness (QED) is 0.891. The number of hydrogen-bond donors (Lipinski definition) is 1. The van der Waals surface area contributed by atoms with E-state index < -0.39 is 5.60 Å². The van der Waals surface area contributed by atoms with Gasteiger partial charge in [-0.3, -0.25) is 4.79 Å². The summed E-state index contributed by atoms with van der Waals surface area (Å²) >= 11 is 1.44. The number of aryl methyl sites for hydroxylation is 4. The second-order valence-corrected chi connectivity index (χ2v) is 8.40. The SMILES string of the molecule is Cc1nc(C)c(C(=O)N2CCC(O)(COc3ccc(C)c(C)c3)CC2)s1. The first-order valence-electron chi connectivity index (χ1n) is 8.93. The number of aliphatic hydroxyl groups is 1. The van der Waals surface area contributed by atoms with Crippen molar-refractivity contribution < 1.29 is 14.6 Å². The molecule has 140 valence electrons. The summed E-state index contributed by atoms with van der Waals surface area (Å²) < 4.78 is 5.83. The minimum absolute atomic E-state index is 0.0187. The molecule has 1 amide bonds. The third kappa shape index (κ3) is 4.07. The molecule has 3 rings (SSSR count). The Labute approximate surface area is 158 Å². The average Bonchev–Trinajstić information content (AvgIpc) is 2.94. The number of likely N-dealkylation sites (tertiary alicyclic amines) is 1. The van der Waals surface area contributed by atoms with Gasteiger partial charge in [-0.05, 0) is 63.8 Å². The molecule has 26 heavy (non-hydrogen) atoms.